The number of nitrogens with zero attached hydrogens (tertiary/aromatic N) is 1. The summed E-state index contributed by atoms with van der Waals surface area (Å²) in [6, 6.07) is 9.60. The van der Waals surface area contributed by atoms with Crippen LogP contribution in [0.5, 0.6) is 0 Å². The van der Waals surface area contributed by atoms with Gasteiger partial charge in [-0.05, 0) is 63.0 Å². The molecule has 1 aromatic carbocycles. The average Bonchev–Trinajstić information content (AvgIpc) is 2.39. The second-order valence-corrected chi connectivity index (χ2v) is 5.52. The molecule has 2 aliphatic rings. The van der Waals surface area contributed by atoms with Crippen molar-refractivity contribution in [2.75, 3.05) is 26.7 Å². The van der Waals surface area contributed by atoms with Crippen molar-refractivity contribution in [3.05, 3.63) is 35.4 Å². The molecule has 0 bridgehead atoms. The summed E-state index contributed by atoms with van der Waals surface area (Å²) in [5, 5.41) is 3.74. The number of benzene rings is 1. The van der Waals surface area contributed by atoms with E-state index in [2.05, 4.69) is 41.5 Å². The van der Waals surface area contributed by atoms with Gasteiger partial charge in [-0.1, -0.05) is 24.3 Å². The van der Waals surface area contributed by atoms with Crippen LogP contribution in [0.15, 0.2) is 24.3 Å². The molecule has 0 aliphatic carbocycles. The molecule has 2 heterocycles. The first kappa shape index (κ1) is 11.2. The van der Waals surface area contributed by atoms with Crippen LogP contribution in [0.2, 0.25) is 0 Å². The molecule has 0 radical (unpaired) electrons. The molecule has 1 saturated heterocycles. The van der Waals surface area contributed by atoms with Crippen molar-refractivity contribution in [1.29, 1.82) is 0 Å². The highest BCUT2D eigenvalue weighted by molar-refractivity contribution is 5.32. The second-order valence-electron chi connectivity index (χ2n) is 5.52. The molecule has 0 unspecified atom stereocenters. The van der Waals surface area contributed by atoms with Gasteiger partial charge in [0.15, 0.2) is 0 Å². The van der Waals surface area contributed by atoms with E-state index in [9.17, 15) is 0 Å². The van der Waals surface area contributed by atoms with Gasteiger partial charge in [0.25, 0.3) is 0 Å². The van der Waals surface area contributed by atoms with Crippen molar-refractivity contribution in [3.8, 4) is 0 Å². The molecule has 1 atom stereocenters. The van der Waals surface area contributed by atoms with E-state index in [0.717, 1.165) is 12.5 Å². The largest absolute Gasteiger partial charge is 0.309 e. The number of likely N-dealkylation sites (tertiary alicyclic amines) is 1. The highest BCUT2D eigenvalue weighted by Gasteiger charge is 2.29. The Labute approximate surface area is 104 Å². The number of fused-ring (bicyclic) bond motifs is 1. The Morgan fingerprint density at radius 1 is 1.18 bits per heavy atom. The van der Waals surface area contributed by atoms with Crippen LogP contribution in [-0.2, 0) is 6.42 Å². The number of nitrogens with one attached hydrogen (secondary N) is 1. The van der Waals surface area contributed by atoms with Gasteiger partial charge in [0.1, 0.15) is 0 Å². The second kappa shape index (κ2) is 4.79. The molecule has 0 spiro atoms. The fraction of sp³-hybridized carbons (Fsp3) is 0.600. The minimum absolute atomic E-state index is 0.605. The van der Waals surface area contributed by atoms with Gasteiger partial charge >= 0.3 is 0 Å². The number of rotatable bonds is 1. The summed E-state index contributed by atoms with van der Waals surface area (Å²) in [5.74, 6) is 0.827. The van der Waals surface area contributed by atoms with Gasteiger partial charge in [0.05, 0.1) is 0 Å². The van der Waals surface area contributed by atoms with E-state index >= 15 is 0 Å². The molecule has 0 amide bonds. The lowest BCUT2D eigenvalue weighted by Gasteiger charge is -2.38. The third kappa shape index (κ3) is 2.24. The highest BCUT2D eigenvalue weighted by Crippen LogP contribution is 2.34. The zero-order valence-electron chi connectivity index (χ0n) is 10.7. The van der Waals surface area contributed by atoms with E-state index in [1.54, 1.807) is 11.1 Å². The Bertz CT molecular complexity index is 380. The van der Waals surface area contributed by atoms with Crippen molar-refractivity contribution in [3.63, 3.8) is 0 Å². The SMILES string of the molecule is CN1CCC([C@@H]2NCCc3ccccc32)CC1. The summed E-state index contributed by atoms with van der Waals surface area (Å²) in [5.41, 5.74) is 3.13. The zero-order valence-corrected chi connectivity index (χ0v) is 10.7. The normalized spacial score (nSPS) is 26.8. The summed E-state index contributed by atoms with van der Waals surface area (Å²) in [4.78, 5) is 2.45. The van der Waals surface area contributed by atoms with Crippen LogP contribution in [-0.4, -0.2) is 31.6 Å². The fourth-order valence-electron chi connectivity index (χ4n) is 3.32. The Morgan fingerprint density at radius 2 is 1.94 bits per heavy atom. The monoisotopic (exact) mass is 230 g/mol. The van der Waals surface area contributed by atoms with Crippen LogP contribution in [0.1, 0.15) is 30.0 Å². The first-order valence-corrected chi connectivity index (χ1v) is 6.84. The number of hydrogen-bond donors (Lipinski definition) is 1. The van der Waals surface area contributed by atoms with Gasteiger partial charge < -0.3 is 10.2 Å². The van der Waals surface area contributed by atoms with Crippen molar-refractivity contribution < 1.29 is 0 Å². The summed E-state index contributed by atoms with van der Waals surface area (Å²) in [6.07, 6.45) is 3.87. The maximum atomic E-state index is 3.74. The lowest BCUT2D eigenvalue weighted by molar-refractivity contribution is 0.182. The smallest absolute Gasteiger partial charge is 0.0352 e. The lowest BCUT2D eigenvalue weighted by Crippen LogP contribution is -2.40. The molecule has 3 rings (SSSR count). The van der Waals surface area contributed by atoms with Crippen molar-refractivity contribution >= 4 is 0 Å². The van der Waals surface area contributed by atoms with E-state index in [1.165, 1.54) is 32.4 Å². The standard InChI is InChI=1S/C15H22N2/c1-17-10-7-13(8-11-17)15-14-5-3-2-4-12(14)6-9-16-15/h2-5,13,15-16H,6-11H2,1H3/t15-/m0/s1. The lowest BCUT2D eigenvalue weighted by atomic mass is 9.81. The molecular formula is C15H22N2. The third-order valence-electron chi connectivity index (χ3n) is 4.38. The maximum Gasteiger partial charge on any atom is 0.0352 e. The Kier molecular flexibility index (Phi) is 3.17. The molecule has 1 fully saturated rings. The van der Waals surface area contributed by atoms with E-state index < -0.39 is 0 Å². The van der Waals surface area contributed by atoms with Crippen LogP contribution < -0.4 is 5.32 Å². The summed E-state index contributed by atoms with van der Waals surface area (Å²) in [6.45, 7) is 3.66. The Morgan fingerprint density at radius 3 is 2.76 bits per heavy atom. The average molecular weight is 230 g/mol. The maximum absolute atomic E-state index is 3.74. The minimum Gasteiger partial charge on any atom is -0.309 e. The summed E-state index contributed by atoms with van der Waals surface area (Å²) < 4.78 is 0. The highest BCUT2D eigenvalue weighted by atomic mass is 15.1. The molecule has 1 aromatic rings. The van der Waals surface area contributed by atoms with Crippen LogP contribution in [0.25, 0.3) is 0 Å². The molecule has 1 N–H and O–H groups in total. The van der Waals surface area contributed by atoms with Gasteiger partial charge in [-0.2, -0.15) is 0 Å². The van der Waals surface area contributed by atoms with Gasteiger partial charge in [-0.25, -0.2) is 0 Å². The molecule has 2 heteroatoms. The molecule has 92 valence electrons. The molecule has 17 heavy (non-hydrogen) atoms. The molecular weight excluding hydrogens is 208 g/mol. The number of piperidine rings is 1. The van der Waals surface area contributed by atoms with Crippen molar-refractivity contribution in [2.24, 2.45) is 5.92 Å². The van der Waals surface area contributed by atoms with Gasteiger partial charge in [0.2, 0.25) is 0 Å². The fourth-order valence-corrected chi connectivity index (χ4v) is 3.32. The van der Waals surface area contributed by atoms with Crippen LogP contribution in [0, 0.1) is 5.92 Å². The van der Waals surface area contributed by atoms with Crippen LogP contribution in [0.4, 0.5) is 0 Å². The Balaban J connectivity index is 1.80. The zero-order chi connectivity index (χ0) is 11.7. The van der Waals surface area contributed by atoms with E-state index in [1.807, 2.05) is 0 Å². The quantitative estimate of drug-likeness (QED) is 0.796. The Hall–Kier alpha value is -0.860. The van der Waals surface area contributed by atoms with Gasteiger partial charge in [-0.15, -0.1) is 0 Å². The number of hydrogen-bond acceptors (Lipinski definition) is 2. The predicted octanol–water partition coefficient (Wildman–Crippen LogP) is 2.22. The van der Waals surface area contributed by atoms with Crippen LogP contribution in [0.3, 0.4) is 0 Å². The van der Waals surface area contributed by atoms with E-state index in [4.69, 9.17) is 0 Å². The summed E-state index contributed by atoms with van der Waals surface area (Å²) in [7, 11) is 2.23. The first-order valence-electron chi connectivity index (χ1n) is 6.84. The van der Waals surface area contributed by atoms with Gasteiger partial charge in [-0.3, -0.25) is 0 Å². The third-order valence-corrected chi connectivity index (χ3v) is 4.38. The predicted molar refractivity (Wildman–Crippen MR) is 71.1 cm³/mol. The van der Waals surface area contributed by atoms with Crippen LogP contribution >= 0.6 is 0 Å². The molecule has 2 aliphatic heterocycles. The minimum atomic E-state index is 0.605. The molecule has 0 saturated carbocycles. The summed E-state index contributed by atoms with van der Waals surface area (Å²) >= 11 is 0. The molecule has 2 nitrogen and oxygen atoms in total. The van der Waals surface area contributed by atoms with Crippen molar-refractivity contribution in [1.82, 2.24) is 10.2 Å². The topological polar surface area (TPSA) is 15.3 Å². The van der Waals surface area contributed by atoms with Gasteiger partial charge in [0, 0.05) is 6.04 Å². The van der Waals surface area contributed by atoms with Crippen molar-refractivity contribution in [2.45, 2.75) is 25.3 Å². The van der Waals surface area contributed by atoms with E-state index in [0.29, 0.717) is 6.04 Å². The first-order chi connectivity index (χ1) is 8.34. The van der Waals surface area contributed by atoms with E-state index in [-0.39, 0.29) is 0 Å². The molecule has 0 aromatic heterocycles.